The molecule has 0 bridgehead atoms. The smallest absolute Gasteiger partial charge is 0.290 e. The van der Waals surface area contributed by atoms with E-state index in [1.54, 1.807) is 12.1 Å². The molecule has 0 atom stereocenters. The molecule has 0 aliphatic heterocycles. The van der Waals surface area contributed by atoms with Gasteiger partial charge < -0.3 is 10.1 Å². The Labute approximate surface area is 77.0 Å². The number of carbonyl (C=O) groups excluding carboxylic acids is 1. The van der Waals surface area contributed by atoms with Gasteiger partial charge in [0.1, 0.15) is 0 Å². The Kier molecular flexibility index (Phi) is 3.09. The van der Waals surface area contributed by atoms with Crippen molar-refractivity contribution in [3.8, 4) is 0 Å². The lowest BCUT2D eigenvalue weighted by molar-refractivity contribution is -0.115. The van der Waals surface area contributed by atoms with Gasteiger partial charge in [0.05, 0.1) is 7.11 Å². The Hall–Kier alpha value is -1.77. The molecule has 68 valence electrons. The SMILES string of the molecule is C=C(OC)C(=O)Nc1ccccc1. The fourth-order valence-electron chi connectivity index (χ4n) is 0.815. The van der Waals surface area contributed by atoms with E-state index in [9.17, 15) is 4.79 Å². The number of carbonyl (C=O) groups is 1. The largest absolute Gasteiger partial charge is 0.492 e. The first-order chi connectivity index (χ1) is 6.24. The summed E-state index contributed by atoms with van der Waals surface area (Å²) in [6.45, 7) is 3.44. The fraction of sp³-hybridized carbons (Fsp3) is 0.100. The third kappa shape index (κ3) is 2.63. The molecule has 0 saturated carbocycles. The molecule has 3 heteroatoms. The third-order valence-corrected chi connectivity index (χ3v) is 1.53. The van der Waals surface area contributed by atoms with E-state index in [4.69, 9.17) is 0 Å². The fourth-order valence-corrected chi connectivity index (χ4v) is 0.815. The summed E-state index contributed by atoms with van der Waals surface area (Å²) in [5.41, 5.74) is 0.728. The quantitative estimate of drug-likeness (QED) is 0.564. The molecule has 0 aliphatic carbocycles. The van der Waals surface area contributed by atoms with Crippen LogP contribution < -0.4 is 5.32 Å². The van der Waals surface area contributed by atoms with Gasteiger partial charge in [-0.25, -0.2) is 0 Å². The van der Waals surface area contributed by atoms with Crippen molar-refractivity contribution in [2.24, 2.45) is 0 Å². The van der Waals surface area contributed by atoms with Crippen molar-refractivity contribution < 1.29 is 9.53 Å². The van der Waals surface area contributed by atoms with Crippen LogP contribution in [0, 0.1) is 0 Å². The second-order valence-electron chi connectivity index (χ2n) is 2.45. The standard InChI is InChI=1S/C10H11NO2/c1-8(13-2)10(12)11-9-6-4-3-5-7-9/h3-7H,1H2,2H3,(H,11,12). The average Bonchev–Trinajstić information content (AvgIpc) is 2.18. The second kappa shape index (κ2) is 4.30. The maximum absolute atomic E-state index is 11.2. The van der Waals surface area contributed by atoms with E-state index in [0.29, 0.717) is 0 Å². The number of benzene rings is 1. The summed E-state index contributed by atoms with van der Waals surface area (Å²) < 4.78 is 4.68. The lowest BCUT2D eigenvalue weighted by Gasteiger charge is -2.05. The maximum atomic E-state index is 11.2. The Bertz CT molecular complexity index is 306. The van der Waals surface area contributed by atoms with Crippen LogP contribution in [-0.4, -0.2) is 13.0 Å². The molecule has 13 heavy (non-hydrogen) atoms. The van der Waals surface area contributed by atoms with Gasteiger partial charge in [0.25, 0.3) is 5.91 Å². The van der Waals surface area contributed by atoms with E-state index in [1.165, 1.54) is 7.11 Å². The van der Waals surface area contributed by atoms with Crippen LogP contribution in [0.5, 0.6) is 0 Å². The number of nitrogens with one attached hydrogen (secondary N) is 1. The lowest BCUT2D eigenvalue weighted by Crippen LogP contribution is -2.14. The van der Waals surface area contributed by atoms with Crippen LogP contribution in [0.1, 0.15) is 0 Å². The number of amides is 1. The van der Waals surface area contributed by atoms with E-state index in [0.717, 1.165) is 5.69 Å². The summed E-state index contributed by atoms with van der Waals surface area (Å²) in [5.74, 6) is -0.224. The van der Waals surface area contributed by atoms with Crippen LogP contribution in [0.4, 0.5) is 5.69 Å². The molecule has 0 fully saturated rings. The second-order valence-corrected chi connectivity index (χ2v) is 2.45. The highest BCUT2D eigenvalue weighted by atomic mass is 16.5. The molecule has 3 nitrogen and oxygen atoms in total. The van der Waals surface area contributed by atoms with Gasteiger partial charge >= 0.3 is 0 Å². The summed E-state index contributed by atoms with van der Waals surface area (Å²) in [5, 5.41) is 2.63. The van der Waals surface area contributed by atoms with Crippen molar-refractivity contribution in [1.82, 2.24) is 0 Å². The number of anilines is 1. The van der Waals surface area contributed by atoms with Crippen molar-refractivity contribution in [2.45, 2.75) is 0 Å². The average molecular weight is 177 g/mol. The molecule has 0 spiro atoms. The van der Waals surface area contributed by atoms with E-state index < -0.39 is 0 Å². The first-order valence-corrected chi connectivity index (χ1v) is 3.83. The maximum Gasteiger partial charge on any atom is 0.290 e. The minimum atomic E-state index is -0.325. The van der Waals surface area contributed by atoms with Gasteiger partial charge in [-0.15, -0.1) is 0 Å². The minimum Gasteiger partial charge on any atom is -0.492 e. The normalized spacial score (nSPS) is 9.00. The number of para-hydroxylation sites is 1. The van der Waals surface area contributed by atoms with Crippen molar-refractivity contribution in [3.05, 3.63) is 42.7 Å². The molecule has 0 aliphatic rings. The molecule has 1 aromatic rings. The monoisotopic (exact) mass is 177 g/mol. The van der Waals surface area contributed by atoms with E-state index in [1.807, 2.05) is 18.2 Å². The predicted octanol–water partition coefficient (Wildman–Crippen LogP) is 1.79. The summed E-state index contributed by atoms with van der Waals surface area (Å²) in [6.07, 6.45) is 0. The number of hydrogen-bond donors (Lipinski definition) is 1. The Morgan fingerprint density at radius 3 is 2.54 bits per heavy atom. The number of rotatable bonds is 3. The van der Waals surface area contributed by atoms with Gasteiger partial charge in [0.15, 0.2) is 5.76 Å². The van der Waals surface area contributed by atoms with Crippen LogP contribution in [0.25, 0.3) is 0 Å². The molecule has 0 aromatic heterocycles. The zero-order valence-electron chi connectivity index (χ0n) is 7.41. The zero-order chi connectivity index (χ0) is 9.68. The molecular formula is C10H11NO2. The van der Waals surface area contributed by atoms with Crippen molar-refractivity contribution in [3.63, 3.8) is 0 Å². The minimum absolute atomic E-state index is 0.101. The summed E-state index contributed by atoms with van der Waals surface area (Å²) >= 11 is 0. The van der Waals surface area contributed by atoms with Crippen LogP contribution in [-0.2, 0) is 9.53 Å². The summed E-state index contributed by atoms with van der Waals surface area (Å²) in [6, 6.07) is 9.14. The topological polar surface area (TPSA) is 38.3 Å². The van der Waals surface area contributed by atoms with Crippen molar-refractivity contribution in [1.29, 1.82) is 0 Å². The molecule has 0 unspecified atom stereocenters. The van der Waals surface area contributed by atoms with Crippen molar-refractivity contribution >= 4 is 11.6 Å². The number of ether oxygens (including phenoxy) is 1. The Morgan fingerprint density at radius 1 is 1.38 bits per heavy atom. The first-order valence-electron chi connectivity index (χ1n) is 3.83. The molecule has 1 aromatic carbocycles. The Morgan fingerprint density at radius 2 is 2.00 bits per heavy atom. The van der Waals surface area contributed by atoms with Gasteiger partial charge in [0.2, 0.25) is 0 Å². The summed E-state index contributed by atoms with van der Waals surface area (Å²) in [7, 11) is 1.41. The number of methoxy groups -OCH3 is 1. The molecule has 0 saturated heterocycles. The molecule has 1 amide bonds. The first kappa shape index (κ1) is 9.32. The van der Waals surface area contributed by atoms with E-state index >= 15 is 0 Å². The Balaban J connectivity index is 2.60. The lowest BCUT2D eigenvalue weighted by atomic mass is 10.3. The molecular weight excluding hydrogens is 166 g/mol. The predicted molar refractivity (Wildman–Crippen MR) is 51.2 cm³/mol. The van der Waals surface area contributed by atoms with Gasteiger partial charge in [-0.05, 0) is 12.1 Å². The highest BCUT2D eigenvalue weighted by molar-refractivity contribution is 6.01. The van der Waals surface area contributed by atoms with E-state index in [-0.39, 0.29) is 11.7 Å². The van der Waals surface area contributed by atoms with E-state index in [2.05, 4.69) is 16.6 Å². The van der Waals surface area contributed by atoms with Gasteiger partial charge in [0, 0.05) is 5.69 Å². The third-order valence-electron chi connectivity index (χ3n) is 1.53. The molecule has 0 radical (unpaired) electrons. The highest BCUT2D eigenvalue weighted by Crippen LogP contribution is 2.06. The van der Waals surface area contributed by atoms with Gasteiger partial charge in [-0.3, -0.25) is 4.79 Å². The molecule has 0 heterocycles. The summed E-state index contributed by atoms with van der Waals surface area (Å²) in [4.78, 5) is 11.2. The van der Waals surface area contributed by atoms with Crippen LogP contribution in [0.15, 0.2) is 42.7 Å². The van der Waals surface area contributed by atoms with Crippen LogP contribution >= 0.6 is 0 Å². The van der Waals surface area contributed by atoms with Crippen LogP contribution in [0.3, 0.4) is 0 Å². The number of hydrogen-bond acceptors (Lipinski definition) is 2. The molecule has 1 rings (SSSR count). The van der Waals surface area contributed by atoms with Gasteiger partial charge in [-0.2, -0.15) is 0 Å². The molecule has 1 N–H and O–H groups in total. The highest BCUT2D eigenvalue weighted by Gasteiger charge is 2.05. The van der Waals surface area contributed by atoms with Crippen molar-refractivity contribution in [2.75, 3.05) is 12.4 Å². The zero-order valence-corrected chi connectivity index (χ0v) is 7.41. The van der Waals surface area contributed by atoms with Crippen LogP contribution in [0.2, 0.25) is 0 Å². The van der Waals surface area contributed by atoms with Gasteiger partial charge in [-0.1, -0.05) is 24.8 Å².